The van der Waals surface area contributed by atoms with Gasteiger partial charge in [0.2, 0.25) is 0 Å². The van der Waals surface area contributed by atoms with Crippen LogP contribution < -0.4 is 4.89 Å². The molecule has 0 aliphatic rings. The average Bonchev–Trinajstić information content (AvgIpc) is 3.15. The fourth-order valence-electron chi connectivity index (χ4n) is 5.28. The summed E-state index contributed by atoms with van der Waals surface area (Å²) < 4.78 is 33.8. The maximum Gasteiger partial charge on any atom is 0.306 e. The molecule has 2 atom stereocenters. The molecular formula is C46H80NO8P. The Balaban J connectivity index is 4.51. The van der Waals surface area contributed by atoms with E-state index in [0.717, 1.165) is 64.2 Å². The van der Waals surface area contributed by atoms with E-state index in [1.807, 2.05) is 27.2 Å². The van der Waals surface area contributed by atoms with Crippen molar-refractivity contribution in [1.82, 2.24) is 0 Å². The Morgan fingerprint density at radius 2 is 1.04 bits per heavy atom. The molecule has 0 aromatic heterocycles. The van der Waals surface area contributed by atoms with Gasteiger partial charge in [-0.25, -0.2) is 0 Å². The largest absolute Gasteiger partial charge is 0.756 e. The van der Waals surface area contributed by atoms with Crippen molar-refractivity contribution < 1.29 is 42.1 Å². The number of rotatable bonds is 38. The Kier molecular flexibility index (Phi) is 36.3. The van der Waals surface area contributed by atoms with Crippen LogP contribution in [0, 0.1) is 0 Å². The monoisotopic (exact) mass is 806 g/mol. The third kappa shape index (κ3) is 41.1. The lowest BCUT2D eigenvalue weighted by Gasteiger charge is -2.28. The van der Waals surface area contributed by atoms with Gasteiger partial charge in [-0.05, 0) is 77.0 Å². The molecule has 0 saturated carbocycles. The Bertz CT molecular complexity index is 1180. The number of nitrogens with zero attached hydrogens (tertiary/aromatic N) is 1. The molecule has 322 valence electrons. The zero-order chi connectivity index (χ0) is 41.4. The number of esters is 2. The third-order valence-corrected chi connectivity index (χ3v) is 9.69. The summed E-state index contributed by atoms with van der Waals surface area (Å²) in [6.45, 7) is 4.07. The summed E-state index contributed by atoms with van der Waals surface area (Å²) in [5.74, 6) is -0.925. The molecule has 0 bridgehead atoms. The molecule has 0 amide bonds. The second-order valence-electron chi connectivity index (χ2n) is 15.4. The van der Waals surface area contributed by atoms with Gasteiger partial charge in [0.05, 0.1) is 27.7 Å². The van der Waals surface area contributed by atoms with E-state index in [2.05, 4.69) is 80.7 Å². The zero-order valence-corrected chi connectivity index (χ0v) is 36.9. The van der Waals surface area contributed by atoms with E-state index in [1.54, 1.807) is 0 Å². The molecule has 0 heterocycles. The lowest BCUT2D eigenvalue weighted by molar-refractivity contribution is -0.870. The molecule has 9 nitrogen and oxygen atoms in total. The van der Waals surface area contributed by atoms with Crippen molar-refractivity contribution in [2.75, 3.05) is 47.5 Å². The van der Waals surface area contributed by atoms with Crippen LogP contribution in [0.15, 0.2) is 72.9 Å². The van der Waals surface area contributed by atoms with E-state index in [4.69, 9.17) is 18.5 Å². The molecule has 0 aliphatic carbocycles. The molecular weight excluding hydrogens is 725 g/mol. The number of carbonyl (C=O) groups is 2. The van der Waals surface area contributed by atoms with Crippen LogP contribution in [0.25, 0.3) is 0 Å². The number of carbonyl (C=O) groups excluding carboxylic acids is 2. The summed E-state index contributed by atoms with van der Waals surface area (Å²) in [6, 6.07) is 0. The quantitative estimate of drug-likeness (QED) is 0.0151. The summed E-state index contributed by atoms with van der Waals surface area (Å²) >= 11 is 0. The number of ether oxygens (including phenoxy) is 2. The number of phosphoric acid groups is 1. The SMILES string of the molecule is CCCCC/C=C/C/C=C/C/C=C/C/C=C/CCCC(=O)OC[C@H](COP(=O)([O-])OCC[N+](C)(C)C)OC(=O)CCCCCCC/C=C/C=C/CCCCCC. The highest BCUT2D eigenvalue weighted by Gasteiger charge is 2.21. The van der Waals surface area contributed by atoms with E-state index in [-0.39, 0.29) is 26.1 Å². The minimum atomic E-state index is -4.64. The van der Waals surface area contributed by atoms with Crippen LogP contribution in [0.2, 0.25) is 0 Å². The zero-order valence-electron chi connectivity index (χ0n) is 36.1. The van der Waals surface area contributed by atoms with Crippen molar-refractivity contribution in [1.29, 1.82) is 0 Å². The van der Waals surface area contributed by atoms with Gasteiger partial charge in [-0.3, -0.25) is 14.2 Å². The van der Waals surface area contributed by atoms with Crippen LogP contribution >= 0.6 is 7.82 Å². The molecule has 0 aromatic carbocycles. The molecule has 10 heteroatoms. The lowest BCUT2D eigenvalue weighted by atomic mass is 10.1. The number of allylic oxidation sites excluding steroid dienone is 12. The molecule has 0 fully saturated rings. The van der Waals surface area contributed by atoms with Crippen LogP contribution in [0.1, 0.15) is 155 Å². The molecule has 0 N–H and O–H groups in total. The highest BCUT2D eigenvalue weighted by Crippen LogP contribution is 2.38. The molecule has 0 rings (SSSR count). The predicted molar refractivity (Wildman–Crippen MR) is 231 cm³/mol. The normalized spacial score (nSPS) is 14.3. The van der Waals surface area contributed by atoms with Crippen molar-refractivity contribution in [3.63, 3.8) is 0 Å². The van der Waals surface area contributed by atoms with Crippen molar-refractivity contribution in [3.05, 3.63) is 72.9 Å². The van der Waals surface area contributed by atoms with Gasteiger partial charge in [0.25, 0.3) is 7.82 Å². The number of hydrogen-bond donors (Lipinski definition) is 0. The van der Waals surface area contributed by atoms with Crippen LogP contribution in [0.3, 0.4) is 0 Å². The number of quaternary nitrogens is 1. The molecule has 0 radical (unpaired) electrons. The average molecular weight is 806 g/mol. The van der Waals surface area contributed by atoms with Crippen LogP contribution in [-0.4, -0.2) is 70.0 Å². The maximum atomic E-state index is 12.7. The molecule has 0 saturated heterocycles. The van der Waals surface area contributed by atoms with E-state index in [0.29, 0.717) is 23.9 Å². The van der Waals surface area contributed by atoms with Gasteiger partial charge in [0.15, 0.2) is 6.10 Å². The molecule has 56 heavy (non-hydrogen) atoms. The third-order valence-electron chi connectivity index (χ3n) is 8.73. The minimum absolute atomic E-state index is 0.0459. The first kappa shape index (κ1) is 53.5. The maximum absolute atomic E-state index is 12.7. The van der Waals surface area contributed by atoms with Gasteiger partial charge >= 0.3 is 11.9 Å². The highest BCUT2D eigenvalue weighted by atomic mass is 31.2. The fraction of sp³-hybridized carbons (Fsp3) is 0.696. The number of hydrogen-bond acceptors (Lipinski definition) is 8. The van der Waals surface area contributed by atoms with Gasteiger partial charge in [-0.15, -0.1) is 0 Å². The van der Waals surface area contributed by atoms with Crippen molar-refractivity contribution in [2.24, 2.45) is 0 Å². The second kappa shape index (κ2) is 38.0. The summed E-state index contributed by atoms with van der Waals surface area (Å²) in [7, 11) is 1.11. The number of unbranched alkanes of at least 4 members (excludes halogenated alkanes) is 13. The fourth-order valence-corrected chi connectivity index (χ4v) is 6.01. The van der Waals surface area contributed by atoms with Gasteiger partial charge in [0.1, 0.15) is 19.8 Å². The Morgan fingerprint density at radius 1 is 0.571 bits per heavy atom. The van der Waals surface area contributed by atoms with Crippen molar-refractivity contribution in [2.45, 2.75) is 161 Å². The second-order valence-corrected chi connectivity index (χ2v) is 16.8. The highest BCUT2D eigenvalue weighted by molar-refractivity contribution is 7.45. The Morgan fingerprint density at radius 3 is 1.62 bits per heavy atom. The first-order chi connectivity index (χ1) is 27.0. The van der Waals surface area contributed by atoms with Gasteiger partial charge in [-0.2, -0.15) is 0 Å². The van der Waals surface area contributed by atoms with Crippen LogP contribution in [0.4, 0.5) is 0 Å². The first-order valence-corrected chi connectivity index (χ1v) is 23.1. The summed E-state index contributed by atoms with van der Waals surface area (Å²) in [5, 5.41) is 0. The lowest BCUT2D eigenvalue weighted by Crippen LogP contribution is -2.37. The van der Waals surface area contributed by atoms with Crippen LogP contribution in [-0.2, 0) is 32.7 Å². The Hall–Kier alpha value is -2.55. The molecule has 0 spiro atoms. The van der Waals surface area contributed by atoms with Gasteiger partial charge < -0.3 is 27.9 Å². The first-order valence-electron chi connectivity index (χ1n) is 21.7. The van der Waals surface area contributed by atoms with Gasteiger partial charge in [-0.1, -0.05) is 138 Å². The molecule has 0 aliphatic heterocycles. The predicted octanol–water partition coefficient (Wildman–Crippen LogP) is 11.6. The number of phosphoric ester groups is 1. The van der Waals surface area contributed by atoms with E-state index < -0.39 is 32.5 Å². The summed E-state index contributed by atoms with van der Waals surface area (Å²) in [4.78, 5) is 37.5. The summed E-state index contributed by atoms with van der Waals surface area (Å²) in [5.41, 5.74) is 0. The van der Waals surface area contributed by atoms with Gasteiger partial charge in [0, 0.05) is 12.8 Å². The summed E-state index contributed by atoms with van der Waals surface area (Å²) in [6.07, 6.45) is 46.5. The van der Waals surface area contributed by atoms with Crippen LogP contribution in [0.5, 0.6) is 0 Å². The van der Waals surface area contributed by atoms with Crippen molar-refractivity contribution in [3.8, 4) is 0 Å². The smallest absolute Gasteiger partial charge is 0.306 e. The topological polar surface area (TPSA) is 111 Å². The van der Waals surface area contributed by atoms with E-state index in [1.165, 1.54) is 51.4 Å². The van der Waals surface area contributed by atoms with E-state index >= 15 is 0 Å². The number of likely N-dealkylation sites (N-methyl/N-ethyl adjacent to an activating group) is 1. The van der Waals surface area contributed by atoms with E-state index in [9.17, 15) is 19.0 Å². The minimum Gasteiger partial charge on any atom is -0.756 e. The standard InChI is InChI=1S/C46H80NO8P/c1-6-8-10-12-14-16-18-20-22-23-25-26-28-30-32-34-36-38-45(48)52-42-44(43-54-56(50,51)53-41-40-47(3,4)5)55-46(49)39-37-35-33-31-29-27-24-21-19-17-15-13-11-9-7-2/h14,16-17,19-22,24-26,30,32,44H,6-13,15,18,23,27-29,31,33-43H2,1-5H3/b16-14+,19-17+,22-20+,24-21+,26-25+,32-30+/t44-/m1/s1. The Labute approximate surface area is 342 Å². The van der Waals surface area contributed by atoms with Crippen molar-refractivity contribution >= 4 is 19.8 Å². The molecule has 0 aromatic rings. The molecule has 1 unspecified atom stereocenters.